The summed E-state index contributed by atoms with van der Waals surface area (Å²) in [6.07, 6.45) is 1.94. The molecule has 3 heteroatoms. The number of carbonyl (C=O) groups is 1. The van der Waals surface area contributed by atoms with E-state index in [1.54, 1.807) is 0 Å². The molecule has 15 heavy (non-hydrogen) atoms. The van der Waals surface area contributed by atoms with Gasteiger partial charge in [-0.3, -0.25) is 4.79 Å². The van der Waals surface area contributed by atoms with Crippen molar-refractivity contribution in [2.75, 3.05) is 13.1 Å². The lowest BCUT2D eigenvalue weighted by atomic mass is 10.1. The van der Waals surface area contributed by atoms with E-state index in [9.17, 15) is 4.79 Å². The van der Waals surface area contributed by atoms with Crippen LogP contribution in [0.25, 0.3) is 0 Å². The lowest BCUT2D eigenvalue weighted by molar-refractivity contribution is -0.135. The molecule has 1 saturated carbocycles. The second-order valence-electron chi connectivity index (χ2n) is 5.51. The number of hydrogen-bond donors (Lipinski definition) is 1. The Kier molecular flexibility index (Phi) is 3.77. The number of carbonyl (C=O) groups excluding carboxylic acids is 1. The van der Waals surface area contributed by atoms with Crippen LogP contribution in [0.15, 0.2) is 0 Å². The van der Waals surface area contributed by atoms with Crippen molar-refractivity contribution in [2.24, 2.45) is 17.1 Å². The minimum atomic E-state index is 0.229. The zero-order valence-electron chi connectivity index (χ0n) is 10.4. The monoisotopic (exact) mass is 212 g/mol. The summed E-state index contributed by atoms with van der Waals surface area (Å²) in [5.74, 6) is 0.570. The molecule has 2 N–H and O–H groups in total. The van der Waals surface area contributed by atoms with Crippen molar-refractivity contribution in [3.63, 3.8) is 0 Å². The van der Waals surface area contributed by atoms with Gasteiger partial charge in [-0.15, -0.1) is 0 Å². The molecule has 1 atom stereocenters. The SMILES string of the molecule is CC(C)N(CCCN)C(=O)C1CC1(C)C. The van der Waals surface area contributed by atoms with Gasteiger partial charge in [0.25, 0.3) is 0 Å². The van der Waals surface area contributed by atoms with Gasteiger partial charge in [-0.2, -0.15) is 0 Å². The fraction of sp³-hybridized carbons (Fsp3) is 0.917. The predicted octanol–water partition coefficient (Wildman–Crippen LogP) is 1.62. The van der Waals surface area contributed by atoms with Crippen molar-refractivity contribution in [1.29, 1.82) is 0 Å². The van der Waals surface area contributed by atoms with Crippen molar-refractivity contribution in [3.05, 3.63) is 0 Å². The maximum atomic E-state index is 12.2. The molecule has 1 rings (SSSR count). The Morgan fingerprint density at radius 1 is 1.53 bits per heavy atom. The Morgan fingerprint density at radius 3 is 2.40 bits per heavy atom. The summed E-state index contributed by atoms with van der Waals surface area (Å²) in [5, 5.41) is 0. The normalized spacial score (nSPS) is 22.9. The maximum Gasteiger partial charge on any atom is 0.226 e. The molecule has 1 fully saturated rings. The molecule has 0 aliphatic heterocycles. The van der Waals surface area contributed by atoms with Gasteiger partial charge in [0.2, 0.25) is 5.91 Å². The molecule has 0 aromatic carbocycles. The zero-order valence-corrected chi connectivity index (χ0v) is 10.4. The van der Waals surface area contributed by atoms with Gasteiger partial charge in [-0.1, -0.05) is 13.8 Å². The molecular weight excluding hydrogens is 188 g/mol. The summed E-state index contributed by atoms with van der Waals surface area (Å²) in [5.41, 5.74) is 5.71. The predicted molar refractivity (Wildman–Crippen MR) is 62.4 cm³/mol. The first-order valence-corrected chi connectivity index (χ1v) is 5.90. The van der Waals surface area contributed by atoms with Crippen LogP contribution < -0.4 is 5.73 Å². The maximum absolute atomic E-state index is 12.2. The second-order valence-corrected chi connectivity index (χ2v) is 5.51. The first-order chi connectivity index (χ1) is 6.90. The first-order valence-electron chi connectivity index (χ1n) is 5.90. The molecular formula is C12H24N2O. The highest BCUT2D eigenvalue weighted by atomic mass is 16.2. The minimum Gasteiger partial charge on any atom is -0.340 e. The third-order valence-electron chi connectivity index (χ3n) is 3.32. The molecule has 0 aromatic rings. The lowest BCUT2D eigenvalue weighted by Gasteiger charge is -2.27. The Morgan fingerprint density at radius 2 is 2.07 bits per heavy atom. The van der Waals surface area contributed by atoms with Gasteiger partial charge in [-0.05, 0) is 38.6 Å². The minimum absolute atomic E-state index is 0.229. The molecule has 0 bridgehead atoms. The van der Waals surface area contributed by atoms with Crippen LogP contribution in [0.5, 0.6) is 0 Å². The number of rotatable bonds is 5. The molecule has 1 aliphatic rings. The van der Waals surface area contributed by atoms with Crippen molar-refractivity contribution in [3.8, 4) is 0 Å². The molecule has 1 aliphatic carbocycles. The summed E-state index contributed by atoms with van der Waals surface area (Å²) < 4.78 is 0. The lowest BCUT2D eigenvalue weighted by Crippen LogP contribution is -2.40. The Balaban J connectivity index is 2.53. The fourth-order valence-corrected chi connectivity index (χ4v) is 1.97. The summed E-state index contributed by atoms with van der Waals surface area (Å²) in [7, 11) is 0. The number of nitrogens with zero attached hydrogens (tertiary/aromatic N) is 1. The topological polar surface area (TPSA) is 46.3 Å². The smallest absolute Gasteiger partial charge is 0.226 e. The number of nitrogens with two attached hydrogens (primary N) is 1. The quantitative estimate of drug-likeness (QED) is 0.752. The van der Waals surface area contributed by atoms with Gasteiger partial charge < -0.3 is 10.6 Å². The molecule has 0 spiro atoms. The Labute approximate surface area is 93.0 Å². The summed E-state index contributed by atoms with van der Waals surface area (Å²) >= 11 is 0. The summed E-state index contributed by atoms with van der Waals surface area (Å²) in [6.45, 7) is 9.94. The molecule has 0 radical (unpaired) electrons. The van der Waals surface area contributed by atoms with Gasteiger partial charge in [0.1, 0.15) is 0 Å². The van der Waals surface area contributed by atoms with Crippen LogP contribution in [0, 0.1) is 11.3 Å². The summed E-state index contributed by atoms with van der Waals surface area (Å²) in [4.78, 5) is 14.1. The standard InChI is InChI=1S/C12H24N2O/c1-9(2)14(7-5-6-13)11(15)10-8-12(10,3)4/h9-10H,5-8,13H2,1-4H3. The van der Waals surface area contributed by atoms with E-state index < -0.39 is 0 Å². The second kappa shape index (κ2) is 4.52. The highest BCUT2D eigenvalue weighted by molar-refractivity contribution is 5.82. The van der Waals surface area contributed by atoms with Crippen molar-refractivity contribution >= 4 is 5.91 Å². The van der Waals surface area contributed by atoms with Gasteiger partial charge in [0.15, 0.2) is 0 Å². The van der Waals surface area contributed by atoms with Gasteiger partial charge in [-0.25, -0.2) is 0 Å². The van der Waals surface area contributed by atoms with Crippen LogP contribution in [0.2, 0.25) is 0 Å². The molecule has 1 unspecified atom stereocenters. The molecule has 0 heterocycles. The van der Waals surface area contributed by atoms with Crippen LogP contribution in [0.3, 0.4) is 0 Å². The van der Waals surface area contributed by atoms with Crippen molar-refractivity contribution in [2.45, 2.75) is 46.6 Å². The number of amides is 1. The van der Waals surface area contributed by atoms with Gasteiger partial charge in [0, 0.05) is 18.5 Å². The molecule has 0 saturated heterocycles. The average molecular weight is 212 g/mol. The van der Waals surface area contributed by atoms with E-state index in [1.165, 1.54) is 0 Å². The molecule has 88 valence electrons. The van der Waals surface area contributed by atoms with E-state index in [-0.39, 0.29) is 11.3 Å². The van der Waals surface area contributed by atoms with Crippen LogP contribution in [-0.4, -0.2) is 29.9 Å². The average Bonchev–Trinajstić information content (AvgIpc) is 2.75. The largest absolute Gasteiger partial charge is 0.340 e. The van der Waals surface area contributed by atoms with E-state index in [1.807, 2.05) is 4.90 Å². The summed E-state index contributed by atoms with van der Waals surface area (Å²) in [6, 6.07) is 0.292. The van der Waals surface area contributed by atoms with Crippen LogP contribution in [-0.2, 0) is 4.79 Å². The van der Waals surface area contributed by atoms with Crippen LogP contribution in [0.4, 0.5) is 0 Å². The highest BCUT2D eigenvalue weighted by Crippen LogP contribution is 2.52. The molecule has 1 amide bonds. The van der Waals surface area contributed by atoms with E-state index in [4.69, 9.17) is 5.73 Å². The van der Waals surface area contributed by atoms with Crippen LogP contribution in [0.1, 0.15) is 40.5 Å². The van der Waals surface area contributed by atoms with E-state index in [0.29, 0.717) is 18.5 Å². The highest BCUT2D eigenvalue weighted by Gasteiger charge is 2.52. The molecule has 0 aromatic heterocycles. The van der Waals surface area contributed by atoms with Crippen LogP contribution >= 0.6 is 0 Å². The van der Waals surface area contributed by atoms with E-state index >= 15 is 0 Å². The van der Waals surface area contributed by atoms with Gasteiger partial charge >= 0.3 is 0 Å². The molecule has 3 nitrogen and oxygen atoms in total. The third-order valence-corrected chi connectivity index (χ3v) is 3.32. The Hall–Kier alpha value is -0.570. The zero-order chi connectivity index (χ0) is 11.6. The van der Waals surface area contributed by atoms with Crippen molar-refractivity contribution < 1.29 is 4.79 Å². The Bertz CT molecular complexity index is 236. The fourth-order valence-electron chi connectivity index (χ4n) is 1.97. The third kappa shape index (κ3) is 2.94. The van der Waals surface area contributed by atoms with Gasteiger partial charge in [0.05, 0.1) is 0 Å². The van der Waals surface area contributed by atoms with E-state index in [0.717, 1.165) is 19.4 Å². The first kappa shape index (κ1) is 12.5. The number of hydrogen-bond acceptors (Lipinski definition) is 2. The van der Waals surface area contributed by atoms with E-state index in [2.05, 4.69) is 27.7 Å². The van der Waals surface area contributed by atoms with Crippen molar-refractivity contribution in [1.82, 2.24) is 4.90 Å².